The Balaban J connectivity index is 1.77. The summed E-state index contributed by atoms with van der Waals surface area (Å²) in [7, 11) is 2.19. The van der Waals surface area contributed by atoms with E-state index in [0.29, 0.717) is 6.61 Å². The van der Waals surface area contributed by atoms with E-state index in [1.54, 1.807) is 0 Å². The highest BCUT2D eigenvalue weighted by molar-refractivity contribution is 9.10. The van der Waals surface area contributed by atoms with Gasteiger partial charge < -0.3 is 9.64 Å². The third-order valence-corrected chi connectivity index (χ3v) is 4.64. The summed E-state index contributed by atoms with van der Waals surface area (Å²) in [6, 6.07) is 14.7. The van der Waals surface area contributed by atoms with Gasteiger partial charge in [0.1, 0.15) is 12.4 Å². The number of halogens is 1. The Morgan fingerprint density at radius 3 is 2.43 bits per heavy atom. The highest BCUT2D eigenvalue weighted by Crippen LogP contribution is 2.31. The highest BCUT2D eigenvalue weighted by atomic mass is 79.9. The number of nitrogens with zero attached hydrogens (tertiary/aromatic N) is 1. The Hall–Kier alpha value is -1.32. The van der Waals surface area contributed by atoms with Crippen LogP contribution >= 0.6 is 15.9 Å². The van der Waals surface area contributed by atoms with Gasteiger partial charge in [0, 0.05) is 13.1 Å². The first-order valence-corrected chi connectivity index (χ1v) is 8.18. The Kier molecular flexibility index (Phi) is 4.61. The van der Waals surface area contributed by atoms with Gasteiger partial charge in [-0.25, -0.2) is 0 Å². The maximum absolute atomic E-state index is 6.00. The van der Waals surface area contributed by atoms with Gasteiger partial charge in [0.15, 0.2) is 0 Å². The molecule has 3 heteroatoms. The van der Waals surface area contributed by atoms with Crippen LogP contribution in [0.15, 0.2) is 46.9 Å². The van der Waals surface area contributed by atoms with E-state index in [2.05, 4.69) is 52.1 Å². The van der Waals surface area contributed by atoms with E-state index < -0.39 is 0 Å². The quantitative estimate of drug-likeness (QED) is 0.831. The fourth-order valence-corrected chi connectivity index (χ4v) is 3.19. The summed E-state index contributed by atoms with van der Waals surface area (Å²) in [6.45, 7) is 2.86. The third kappa shape index (κ3) is 3.66. The molecule has 0 bridgehead atoms. The average molecular weight is 346 g/mol. The van der Waals surface area contributed by atoms with Crippen molar-refractivity contribution in [2.75, 3.05) is 20.1 Å². The van der Waals surface area contributed by atoms with E-state index in [1.165, 1.54) is 16.7 Å². The van der Waals surface area contributed by atoms with Crippen molar-refractivity contribution in [1.29, 1.82) is 0 Å². The first-order chi connectivity index (χ1) is 10.2. The standard InChI is InChI=1S/C18H20BrNO/c1-20-9-7-15-11-17(19)18(12-16(15)8-10-20)21-13-14-5-3-2-4-6-14/h2-6,11-12H,7-10,13H2,1H3. The maximum Gasteiger partial charge on any atom is 0.134 e. The summed E-state index contributed by atoms with van der Waals surface area (Å²) >= 11 is 3.65. The van der Waals surface area contributed by atoms with Crippen LogP contribution in [0.2, 0.25) is 0 Å². The zero-order valence-electron chi connectivity index (χ0n) is 12.3. The van der Waals surface area contributed by atoms with Crippen LogP contribution in [-0.4, -0.2) is 25.0 Å². The van der Waals surface area contributed by atoms with Crippen LogP contribution < -0.4 is 4.74 Å². The summed E-state index contributed by atoms with van der Waals surface area (Å²) in [6.07, 6.45) is 2.21. The van der Waals surface area contributed by atoms with Gasteiger partial charge in [-0.2, -0.15) is 0 Å². The van der Waals surface area contributed by atoms with Crippen LogP contribution in [0, 0.1) is 0 Å². The number of rotatable bonds is 3. The number of likely N-dealkylation sites (N-methyl/N-ethyl adjacent to an activating group) is 1. The van der Waals surface area contributed by atoms with Crippen molar-refractivity contribution in [3.05, 3.63) is 63.6 Å². The maximum atomic E-state index is 6.00. The molecule has 0 N–H and O–H groups in total. The molecule has 3 rings (SSSR count). The third-order valence-electron chi connectivity index (χ3n) is 4.02. The van der Waals surface area contributed by atoms with Crippen molar-refractivity contribution < 1.29 is 4.74 Å². The van der Waals surface area contributed by atoms with E-state index in [0.717, 1.165) is 36.2 Å². The molecule has 0 saturated heterocycles. The van der Waals surface area contributed by atoms with Crippen LogP contribution in [0.5, 0.6) is 5.75 Å². The number of hydrogen-bond acceptors (Lipinski definition) is 2. The highest BCUT2D eigenvalue weighted by Gasteiger charge is 2.14. The molecule has 2 aromatic carbocycles. The molecule has 2 aromatic rings. The lowest BCUT2D eigenvalue weighted by Crippen LogP contribution is -2.20. The molecule has 0 fully saturated rings. The predicted octanol–water partition coefficient (Wildman–Crippen LogP) is 4.06. The molecule has 0 amide bonds. The van der Waals surface area contributed by atoms with Gasteiger partial charge in [-0.15, -0.1) is 0 Å². The minimum absolute atomic E-state index is 0.609. The van der Waals surface area contributed by atoms with Crippen LogP contribution in [0.25, 0.3) is 0 Å². The summed E-state index contributed by atoms with van der Waals surface area (Å²) in [5.41, 5.74) is 4.06. The first kappa shape index (κ1) is 14.6. The minimum Gasteiger partial charge on any atom is -0.488 e. The zero-order valence-corrected chi connectivity index (χ0v) is 13.9. The van der Waals surface area contributed by atoms with Crippen molar-refractivity contribution in [2.24, 2.45) is 0 Å². The topological polar surface area (TPSA) is 12.5 Å². The van der Waals surface area contributed by atoms with Gasteiger partial charge in [0.2, 0.25) is 0 Å². The van der Waals surface area contributed by atoms with Crippen molar-refractivity contribution in [3.8, 4) is 5.75 Å². The fraction of sp³-hybridized carbons (Fsp3) is 0.333. The second-order valence-electron chi connectivity index (χ2n) is 5.63. The molecule has 1 aliphatic heterocycles. The summed E-state index contributed by atoms with van der Waals surface area (Å²) in [4.78, 5) is 2.39. The summed E-state index contributed by atoms with van der Waals surface area (Å²) < 4.78 is 7.05. The Morgan fingerprint density at radius 2 is 1.71 bits per heavy atom. The lowest BCUT2D eigenvalue weighted by Gasteiger charge is -2.13. The fourth-order valence-electron chi connectivity index (χ4n) is 2.68. The first-order valence-electron chi connectivity index (χ1n) is 7.39. The largest absolute Gasteiger partial charge is 0.488 e. The lowest BCUT2D eigenvalue weighted by atomic mass is 10.0. The number of fused-ring (bicyclic) bond motifs is 1. The summed E-state index contributed by atoms with van der Waals surface area (Å²) in [5, 5.41) is 0. The summed E-state index contributed by atoms with van der Waals surface area (Å²) in [5.74, 6) is 0.946. The van der Waals surface area contributed by atoms with Gasteiger partial charge in [-0.05, 0) is 64.6 Å². The van der Waals surface area contributed by atoms with Crippen molar-refractivity contribution >= 4 is 15.9 Å². The minimum atomic E-state index is 0.609. The average Bonchev–Trinajstić information content (AvgIpc) is 2.68. The molecule has 0 aromatic heterocycles. The monoisotopic (exact) mass is 345 g/mol. The number of benzene rings is 2. The van der Waals surface area contributed by atoms with Crippen LogP contribution in [0.4, 0.5) is 0 Å². The van der Waals surface area contributed by atoms with Crippen molar-refractivity contribution in [1.82, 2.24) is 4.90 Å². The van der Waals surface area contributed by atoms with Crippen LogP contribution in [0.1, 0.15) is 16.7 Å². The van der Waals surface area contributed by atoms with Crippen molar-refractivity contribution in [3.63, 3.8) is 0 Å². The Bertz CT molecular complexity index is 612. The number of ether oxygens (including phenoxy) is 1. The molecule has 1 aliphatic rings. The molecule has 0 unspecified atom stereocenters. The van der Waals surface area contributed by atoms with E-state index in [-0.39, 0.29) is 0 Å². The molecule has 0 atom stereocenters. The Morgan fingerprint density at radius 1 is 1.05 bits per heavy atom. The Labute approximate surface area is 134 Å². The van der Waals surface area contributed by atoms with Gasteiger partial charge in [-0.1, -0.05) is 30.3 Å². The smallest absolute Gasteiger partial charge is 0.134 e. The second-order valence-corrected chi connectivity index (χ2v) is 6.48. The molecule has 0 aliphatic carbocycles. The molecule has 0 spiro atoms. The van der Waals surface area contributed by atoms with E-state index in [4.69, 9.17) is 4.74 Å². The van der Waals surface area contributed by atoms with Gasteiger partial charge in [0.25, 0.3) is 0 Å². The second kappa shape index (κ2) is 6.63. The molecule has 21 heavy (non-hydrogen) atoms. The molecule has 1 heterocycles. The molecule has 2 nitrogen and oxygen atoms in total. The molecular formula is C18H20BrNO. The van der Waals surface area contributed by atoms with Gasteiger partial charge in [0.05, 0.1) is 4.47 Å². The molecular weight excluding hydrogens is 326 g/mol. The molecule has 0 saturated carbocycles. The van der Waals surface area contributed by atoms with Crippen LogP contribution in [0.3, 0.4) is 0 Å². The van der Waals surface area contributed by atoms with E-state index >= 15 is 0 Å². The van der Waals surface area contributed by atoms with Gasteiger partial charge >= 0.3 is 0 Å². The van der Waals surface area contributed by atoms with Crippen molar-refractivity contribution in [2.45, 2.75) is 19.4 Å². The lowest BCUT2D eigenvalue weighted by molar-refractivity contribution is 0.304. The number of hydrogen-bond donors (Lipinski definition) is 0. The molecule has 0 radical (unpaired) electrons. The SMILES string of the molecule is CN1CCc2cc(Br)c(OCc3ccccc3)cc2CC1. The normalized spacial score (nSPS) is 15.3. The van der Waals surface area contributed by atoms with Crippen LogP contribution in [-0.2, 0) is 19.4 Å². The van der Waals surface area contributed by atoms with Gasteiger partial charge in [-0.3, -0.25) is 0 Å². The molecule has 110 valence electrons. The predicted molar refractivity (Wildman–Crippen MR) is 89.8 cm³/mol. The zero-order chi connectivity index (χ0) is 14.7. The van der Waals surface area contributed by atoms with E-state index in [9.17, 15) is 0 Å². The van der Waals surface area contributed by atoms with E-state index in [1.807, 2.05) is 18.2 Å².